The van der Waals surface area contributed by atoms with Gasteiger partial charge in [0.15, 0.2) is 0 Å². The summed E-state index contributed by atoms with van der Waals surface area (Å²) in [6, 6.07) is 3.65. The summed E-state index contributed by atoms with van der Waals surface area (Å²) in [6.07, 6.45) is 3.05. The van der Waals surface area contributed by atoms with Crippen molar-refractivity contribution in [1.29, 1.82) is 0 Å². The average Bonchev–Trinajstić information content (AvgIpc) is 3.04. The van der Waals surface area contributed by atoms with Crippen LogP contribution < -0.4 is 10.6 Å². The van der Waals surface area contributed by atoms with E-state index in [0.717, 1.165) is 36.1 Å². The van der Waals surface area contributed by atoms with Crippen molar-refractivity contribution in [3.63, 3.8) is 0 Å². The Labute approximate surface area is 174 Å². The molecule has 2 aliphatic heterocycles. The molecule has 28 heavy (non-hydrogen) atoms. The van der Waals surface area contributed by atoms with Crippen molar-refractivity contribution in [3.8, 4) is 0 Å². The van der Waals surface area contributed by atoms with Gasteiger partial charge < -0.3 is 10.6 Å². The minimum absolute atomic E-state index is 0. The van der Waals surface area contributed by atoms with Gasteiger partial charge in [0.25, 0.3) is 0 Å². The molecule has 8 heteroatoms. The van der Waals surface area contributed by atoms with Gasteiger partial charge in [-0.2, -0.15) is 4.31 Å². The molecule has 3 unspecified atom stereocenters. The molecule has 0 spiro atoms. The summed E-state index contributed by atoms with van der Waals surface area (Å²) < 4.78 is 28.2. The van der Waals surface area contributed by atoms with Gasteiger partial charge >= 0.3 is 0 Å². The third-order valence-corrected chi connectivity index (χ3v) is 7.86. The maximum Gasteiger partial charge on any atom is 0.244 e. The Morgan fingerprint density at radius 2 is 1.82 bits per heavy atom. The lowest BCUT2D eigenvalue weighted by Crippen LogP contribution is -2.52. The molecule has 0 aromatic heterocycles. The molecule has 1 aromatic carbocycles. The number of nitrogens with zero attached hydrogens (tertiary/aromatic N) is 1. The molecular weight excluding hydrogens is 398 g/mol. The predicted molar refractivity (Wildman–Crippen MR) is 113 cm³/mol. The summed E-state index contributed by atoms with van der Waals surface area (Å²) in [6.45, 7) is 9.00. The molecule has 158 valence electrons. The summed E-state index contributed by atoms with van der Waals surface area (Å²) in [5.74, 6) is -0.155. The van der Waals surface area contributed by atoms with Crippen LogP contribution in [0.4, 0.5) is 0 Å². The molecule has 6 nitrogen and oxygen atoms in total. The molecule has 3 rings (SSSR count). The molecular formula is C20H32ClN3O3S. The molecule has 0 saturated carbocycles. The van der Waals surface area contributed by atoms with Crippen LogP contribution in [-0.2, 0) is 14.8 Å². The Morgan fingerprint density at radius 1 is 1.18 bits per heavy atom. The number of nitrogens with one attached hydrogen (secondary N) is 2. The van der Waals surface area contributed by atoms with Crippen molar-refractivity contribution < 1.29 is 13.2 Å². The van der Waals surface area contributed by atoms with Gasteiger partial charge in [0.05, 0.1) is 4.90 Å². The number of piperidine rings is 1. The number of halogens is 1. The standard InChI is InChI=1S/C20H31N3O3S.ClH/c1-13-10-14(2)19(15(3)11-13)27(25,26)23-9-5-6-18(23)20(24)22-17-7-8-21-16(4)12-17;/h10-11,16-18,21H,5-9,12H2,1-4H3,(H,22,24);1H. The number of rotatable bonds is 4. The quantitative estimate of drug-likeness (QED) is 0.770. The monoisotopic (exact) mass is 429 g/mol. The normalized spacial score (nSPS) is 25.9. The van der Waals surface area contributed by atoms with Gasteiger partial charge in [-0.3, -0.25) is 4.79 Å². The van der Waals surface area contributed by atoms with Crippen LogP contribution in [0.15, 0.2) is 17.0 Å². The number of amides is 1. The van der Waals surface area contributed by atoms with Crippen molar-refractivity contribution in [1.82, 2.24) is 14.9 Å². The highest BCUT2D eigenvalue weighted by Gasteiger charge is 2.41. The summed E-state index contributed by atoms with van der Waals surface area (Å²) >= 11 is 0. The van der Waals surface area contributed by atoms with Crippen LogP contribution in [0.3, 0.4) is 0 Å². The molecule has 0 aliphatic carbocycles. The number of carbonyl (C=O) groups excluding carboxylic acids is 1. The van der Waals surface area contributed by atoms with Crippen molar-refractivity contribution in [2.45, 2.75) is 76.4 Å². The average molecular weight is 430 g/mol. The van der Waals surface area contributed by atoms with Gasteiger partial charge in [0, 0.05) is 18.6 Å². The van der Waals surface area contributed by atoms with E-state index in [1.54, 1.807) is 0 Å². The van der Waals surface area contributed by atoms with Crippen LogP contribution in [-0.4, -0.2) is 49.8 Å². The van der Waals surface area contributed by atoms with Crippen LogP contribution in [0.2, 0.25) is 0 Å². The maximum absolute atomic E-state index is 13.4. The smallest absolute Gasteiger partial charge is 0.244 e. The molecule has 2 fully saturated rings. The Hall–Kier alpha value is -1.15. The van der Waals surface area contributed by atoms with E-state index < -0.39 is 16.1 Å². The number of benzene rings is 1. The zero-order valence-electron chi connectivity index (χ0n) is 17.1. The fraction of sp³-hybridized carbons (Fsp3) is 0.650. The number of carbonyl (C=O) groups is 1. The molecule has 2 saturated heterocycles. The van der Waals surface area contributed by atoms with Crippen LogP contribution >= 0.6 is 12.4 Å². The lowest BCUT2D eigenvalue weighted by atomic mass is 10.0. The second kappa shape index (κ2) is 9.11. The highest BCUT2D eigenvalue weighted by molar-refractivity contribution is 7.89. The Kier molecular flexibility index (Phi) is 7.53. The van der Waals surface area contributed by atoms with E-state index in [2.05, 4.69) is 17.6 Å². The third-order valence-electron chi connectivity index (χ3n) is 5.65. The largest absolute Gasteiger partial charge is 0.352 e. The van der Waals surface area contributed by atoms with Gasteiger partial charge in [0.2, 0.25) is 15.9 Å². The number of hydrogen-bond acceptors (Lipinski definition) is 4. The van der Waals surface area contributed by atoms with Crippen LogP contribution in [0, 0.1) is 20.8 Å². The molecule has 1 aromatic rings. The van der Waals surface area contributed by atoms with E-state index in [9.17, 15) is 13.2 Å². The predicted octanol–water partition coefficient (Wildman–Crippen LogP) is 2.44. The lowest BCUT2D eigenvalue weighted by molar-refractivity contribution is -0.125. The van der Waals surface area contributed by atoms with Gasteiger partial charge in [-0.1, -0.05) is 17.7 Å². The molecule has 2 aliphatic rings. The number of hydrogen-bond donors (Lipinski definition) is 2. The molecule has 0 radical (unpaired) electrons. The first-order valence-electron chi connectivity index (χ1n) is 9.83. The highest BCUT2D eigenvalue weighted by atomic mass is 35.5. The van der Waals surface area contributed by atoms with Gasteiger partial charge in [0.1, 0.15) is 6.04 Å². The van der Waals surface area contributed by atoms with E-state index in [-0.39, 0.29) is 24.4 Å². The fourth-order valence-corrected chi connectivity index (χ4v) is 6.61. The van der Waals surface area contributed by atoms with E-state index >= 15 is 0 Å². The molecule has 2 N–H and O–H groups in total. The Morgan fingerprint density at radius 3 is 2.43 bits per heavy atom. The van der Waals surface area contributed by atoms with E-state index in [1.807, 2.05) is 32.9 Å². The van der Waals surface area contributed by atoms with Crippen molar-refractivity contribution >= 4 is 28.3 Å². The summed E-state index contributed by atoms with van der Waals surface area (Å²) in [5, 5.41) is 6.47. The summed E-state index contributed by atoms with van der Waals surface area (Å²) in [7, 11) is -3.70. The number of aryl methyl sites for hydroxylation is 3. The van der Waals surface area contributed by atoms with E-state index in [4.69, 9.17) is 0 Å². The minimum Gasteiger partial charge on any atom is -0.352 e. The first kappa shape index (κ1) is 23.1. The maximum atomic E-state index is 13.4. The highest BCUT2D eigenvalue weighted by Crippen LogP contribution is 2.31. The second-order valence-corrected chi connectivity index (χ2v) is 9.91. The molecule has 1 amide bonds. The number of sulfonamides is 1. The first-order chi connectivity index (χ1) is 12.7. The van der Waals surface area contributed by atoms with E-state index in [1.165, 1.54) is 4.31 Å². The third kappa shape index (κ3) is 4.70. The summed E-state index contributed by atoms with van der Waals surface area (Å²) in [5.41, 5.74) is 2.52. The molecule has 3 atom stereocenters. The lowest BCUT2D eigenvalue weighted by Gasteiger charge is -2.31. The Balaban J connectivity index is 0.00000280. The van der Waals surface area contributed by atoms with Crippen LogP contribution in [0.5, 0.6) is 0 Å². The van der Waals surface area contributed by atoms with Gasteiger partial charge in [-0.15, -0.1) is 12.4 Å². The van der Waals surface area contributed by atoms with Crippen LogP contribution in [0.25, 0.3) is 0 Å². The SMILES string of the molecule is Cc1cc(C)c(S(=O)(=O)N2CCCC2C(=O)NC2CCNC(C)C2)c(C)c1.Cl. The van der Waals surface area contributed by atoms with Crippen LogP contribution in [0.1, 0.15) is 49.3 Å². The van der Waals surface area contributed by atoms with Crippen molar-refractivity contribution in [2.24, 2.45) is 0 Å². The van der Waals surface area contributed by atoms with Gasteiger partial charge in [-0.05, 0) is 71.0 Å². The van der Waals surface area contributed by atoms with E-state index in [0.29, 0.717) is 30.3 Å². The summed E-state index contributed by atoms with van der Waals surface area (Å²) in [4.78, 5) is 13.2. The molecule has 2 heterocycles. The zero-order valence-corrected chi connectivity index (χ0v) is 18.8. The minimum atomic E-state index is -3.70. The second-order valence-electron chi connectivity index (χ2n) is 8.09. The van der Waals surface area contributed by atoms with Gasteiger partial charge in [-0.25, -0.2) is 8.42 Å². The fourth-order valence-electron chi connectivity index (χ4n) is 4.54. The Bertz CT molecular complexity index is 805. The van der Waals surface area contributed by atoms with Crippen molar-refractivity contribution in [3.05, 3.63) is 28.8 Å². The first-order valence-corrected chi connectivity index (χ1v) is 11.3. The van der Waals surface area contributed by atoms with Crippen molar-refractivity contribution in [2.75, 3.05) is 13.1 Å². The topological polar surface area (TPSA) is 78.5 Å². The zero-order chi connectivity index (χ0) is 19.8. The molecule has 0 bridgehead atoms.